The quantitative estimate of drug-likeness (QED) is 0.00238. The van der Waals surface area contributed by atoms with Gasteiger partial charge in [-0.05, 0) is 113 Å². The van der Waals surface area contributed by atoms with Crippen molar-refractivity contribution in [1.82, 2.24) is 20.2 Å². The molecular formula is C66H58N6O26P3S3+. The second kappa shape index (κ2) is 29.8. The third-order valence-corrected chi connectivity index (χ3v) is 30.0. The van der Waals surface area contributed by atoms with Gasteiger partial charge < -0.3 is 25.2 Å². The zero-order chi connectivity index (χ0) is 73.4. The Morgan fingerprint density at radius 2 is 1.35 bits per heavy atom. The third kappa shape index (κ3) is 14.4. The number of aromatic amines is 1. The molecule has 8 N–H and O–H groups in total. The van der Waals surface area contributed by atoms with Crippen LogP contribution in [0.15, 0.2) is 162 Å². The number of hydrogen-bond acceptors (Lipinski definition) is 26. The van der Waals surface area contributed by atoms with Gasteiger partial charge in [0.2, 0.25) is 0 Å². The van der Waals surface area contributed by atoms with E-state index in [1.165, 1.54) is 30.5 Å². The number of amides is 2. The molecule has 5 heterocycles. The van der Waals surface area contributed by atoms with Gasteiger partial charge >= 0.3 is 184 Å². The number of H-pyrrole nitrogens is 1. The van der Waals surface area contributed by atoms with Gasteiger partial charge in [-0.3, -0.25) is 18.7 Å². The van der Waals surface area contributed by atoms with Crippen molar-refractivity contribution in [2.75, 3.05) is 49.3 Å². The van der Waals surface area contributed by atoms with Crippen molar-refractivity contribution in [1.29, 1.82) is 0 Å². The van der Waals surface area contributed by atoms with E-state index in [0.29, 0.717) is 86.1 Å². The normalized spacial score (nSPS) is 15.6. The first-order chi connectivity index (χ1) is 49.9. The minimum atomic E-state index is -6.55. The van der Waals surface area contributed by atoms with Gasteiger partial charge in [0.15, 0.2) is 0 Å². The van der Waals surface area contributed by atoms with Gasteiger partial charge in [-0.1, -0.05) is 41.4 Å². The molecule has 0 unspecified atom stereocenters. The van der Waals surface area contributed by atoms with Gasteiger partial charge in [0, 0.05) is 88.8 Å². The first-order valence-electron chi connectivity index (χ1n) is 31.4. The fourth-order valence-electron chi connectivity index (χ4n) is 13.0. The summed E-state index contributed by atoms with van der Waals surface area (Å²) in [5, 5.41) is 45.8. The number of carbonyl (C=O) groups is 2. The fraction of sp³-hybridized carbons (Fsp3) is 0.227. The second-order valence-corrected chi connectivity index (χ2v) is 37.9. The number of ether oxygens (including phenoxy) is 2. The number of nitrogens with zero attached hydrogens (tertiary/aromatic N) is 3. The van der Waals surface area contributed by atoms with Gasteiger partial charge in [0.05, 0.1) is 61.7 Å². The molecule has 3 aliphatic heterocycles. The Morgan fingerprint density at radius 3 is 2.04 bits per heavy atom. The molecule has 1 saturated heterocycles. The SMILES string of the molecule is O=C(NCCOCC#CCc1cn([C@H]2CC[C@@H](COP(OO)(OOO)(P(=O)=O)P(=O)=O)O2)c(=O)[nH]c1=O)c1ccc(CNC(=O)c2ccc(N3CCc4c3c3cc5cc(SOOO)ccc5cc3c3cc5c([o+]c43)c3c(c4cc(S(=O)(=O)O)ccc45)N(Cc4ccc(S(=O)(=O)O)cc4)CC3)cc2)cc1. The first kappa shape index (κ1) is 73.3. The summed E-state index contributed by atoms with van der Waals surface area (Å²) >= 11 is 0.824. The fourth-order valence-corrected chi connectivity index (χ4v) is 18.9. The summed E-state index contributed by atoms with van der Waals surface area (Å²) in [6.45, 7) is -5.95. The number of aromatic nitrogens is 2. The zero-order valence-electron chi connectivity index (χ0n) is 53.8. The van der Waals surface area contributed by atoms with Crippen molar-refractivity contribution >= 4 is 137 Å². The molecule has 2 amide bonds. The Kier molecular flexibility index (Phi) is 21.0. The minimum absolute atomic E-state index is 0.0424. The minimum Gasteiger partial charge on any atom is -0.366 e. The second-order valence-electron chi connectivity index (χ2n) is 24.1. The molecule has 0 bridgehead atoms. The van der Waals surface area contributed by atoms with Crippen LogP contribution in [0.2, 0.25) is 0 Å². The summed E-state index contributed by atoms with van der Waals surface area (Å²) in [6.07, 6.45) is 0.0358. The predicted octanol–water partition coefficient (Wildman–Crippen LogP) is 11.4. The molecule has 1 fully saturated rings. The van der Waals surface area contributed by atoms with Crippen molar-refractivity contribution in [2.24, 2.45) is 0 Å². The number of nitrogens with one attached hydrogen (secondary N) is 3. The first-order valence-corrected chi connectivity index (χ1v) is 40.8. The summed E-state index contributed by atoms with van der Waals surface area (Å²) < 4.78 is 154. The Balaban J connectivity index is 0.659. The van der Waals surface area contributed by atoms with Crippen LogP contribution >= 0.6 is 33.4 Å². The van der Waals surface area contributed by atoms with E-state index in [4.69, 9.17) is 33.3 Å². The summed E-state index contributed by atoms with van der Waals surface area (Å²) in [7, 11) is -17.9. The van der Waals surface area contributed by atoms with Crippen molar-refractivity contribution in [3.05, 3.63) is 193 Å². The largest absolute Gasteiger partial charge is 0.366 e. The number of carbonyl (C=O) groups excluding carboxylic acids is 2. The van der Waals surface area contributed by atoms with Gasteiger partial charge in [-0.15, -0.1) is 4.33 Å². The number of anilines is 3. The Morgan fingerprint density at radius 1 is 0.692 bits per heavy atom. The average Bonchev–Trinajstić information content (AvgIpc) is 1.38. The Bertz CT molecular complexity index is 5700. The van der Waals surface area contributed by atoms with Crippen molar-refractivity contribution < 1.29 is 112 Å². The van der Waals surface area contributed by atoms with Crippen LogP contribution in [0.1, 0.15) is 67.6 Å². The molecule has 0 radical (unpaired) electrons. The van der Waals surface area contributed by atoms with Crippen molar-refractivity contribution in [3.63, 3.8) is 0 Å². The summed E-state index contributed by atoms with van der Waals surface area (Å²) in [5.74, 6) is 4.77. The van der Waals surface area contributed by atoms with E-state index >= 15 is 0 Å². The van der Waals surface area contributed by atoms with Crippen LogP contribution in [0.5, 0.6) is 0 Å². The average molecular weight is 1540 g/mol. The molecule has 2 aromatic heterocycles. The van der Waals surface area contributed by atoms with Crippen LogP contribution in [-0.2, 0) is 109 Å². The van der Waals surface area contributed by atoms with Crippen LogP contribution in [0.25, 0.3) is 54.3 Å². The maximum atomic E-state index is 13.7. The van der Waals surface area contributed by atoms with Crippen molar-refractivity contribution in [3.8, 4) is 11.8 Å². The van der Waals surface area contributed by atoms with E-state index in [1.807, 2.05) is 35.2 Å². The monoisotopic (exact) mass is 1540 g/mol. The molecule has 3 aliphatic rings. The topological polar surface area (TPSA) is 442 Å². The molecule has 0 spiro atoms. The van der Waals surface area contributed by atoms with E-state index in [1.54, 1.807) is 54.6 Å². The molecule has 0 saturated carbocycles. The molecule has 10 aromatic rings. The molecule has 8 aromatic carbocycles. The van der Waals surface area contributed by atoms with Crippen LogP contribution < -0.4 is 31.7 Å². The smallest absolute Gasteiger partial charge is 0.366 e. The number of benzene rings is 8. The number of rotatable bonds is 26. The van der Waals surface area contributed by atoms with Crippen LogP contribution in [0.4, 0.5) is 17.1 Å². The maximum absolute atomic E-state index is 13.7. The van der Waals surface area contributed by atoms with E-state index in [2.05, 4.69) is 70.0 Å². The van der Waals surface area contributed by atoms with Gasteiger partial charge in [-0.2, -0.15) is 16.8 Å². The molecule has 38 heteroatoms. The third-order valence-electron chi connectivity index (χ3n) is 18.0. The van der Waals surface area contributed by atoms with E-state index in [9.17, 15) is 68.6 Å². The van der Waals surface area contributed by atoms with Crippen LogP contribution in [0.3, 0.4) is 0 Å². The summed E-state index contributed by atoms with van der Waals surface area (Å²) in [6, 6.07) is 35.9. The molecule has 13 rings (SSSR count). The van der Waals surface area contributed by atoms with Gasteiger partial charge in [0.25, 0.3) is 32.1 Å². The number of hydrogen-bond donors (Lipinski definition) is 8. The van der Waals surface area contributed by atoms with Crippen molar-refractivity contribution in [2.45, 2.75) is 72.2 Å². The Hall–Kier alpha value is -9.05. The molecule has 104 heavy (non-hydrogen) atoms. The van der Waals surface area contributed by atoms with E-state index in [0.717, 1.165) is 66.0 Å². The zero-order valence-corrected chi connectivity index (χ0v) is 58.9. The molecule has 32 nitrogen and oxygen atoms in total. The van der Waals surface area contributed by atoms with Crippen LogP contribution in [0, 0.1) is 11.8 Å². The molecule has 540 valence electrons. The molecule has 0 aliphatic carbocycles. The van der Waals surface area contributed by atoms with Crippen LogP contribution in [-0.4, -0.2) is 109 Å². The van der Waals surface area contributed by atoms with E-state index in [-0.39, 0.29) is 73.4 Å². The summed E-state index contributed by atoms with van der Waals surface area (Å²) in [4.78, 5) is 58.6. The molecule has 2 atom stereocenters. The predicted molar refractivity (Wildman–Crippen MR) is 374 cm³/mol. The molecular weight excluding hydrogens is 1480 g/mol. The number of fused-ring (bicyclic) bond motifs is 13. The summed E-state index contributed by atoms with van der Waals surface area (Å²) in [5.41, 5.74) is 5.84. The van der Waals surface area contributed by atoms with E-state index < -0.39 is 77.7 Å². The van der Waals surface area contributed by atoms with Gasteiger partial charge in [0.1, 0.15) is 0 Å². The Labute approximate surface area is 592 Å². The standard InChI is InChI=1S/C66H57N6O26P3S3/c73-63(67-24-28-90-27-2-1-3-43-36-72(66(76)69-65(43)75)58-21-15-46(92-58)37-91-101(96-79,97-94-77,99(80)81)100(82)83)40-8-4-38(5-9-40)34-68-64(74)41-10-13-45(14-11-41)71-26-23-52-60(71)54-31-44-29-47(102-98-95-78)16-12-42(44)30-53(54)57-33-56-50-20-19-49(104(87,88)89)32-55(50)59-51(61(56)93-62(52)57)22-25-70(59)35-39-6-17-48(18-7-39)103(84,85)86/h4-14,16-20,29-33,36,46,58H,3,15,21-28,34-35,37H2,(H7-,67,68,69,73,74,75,76,77,78,79,84,85,86,87,88,89)/p+1/t46-,58+/m0/s1. The van der Waals surface area contributed by atoms with Gasteiger partial charge in [-0.25, -0.2) is 9.67 Å². The maximum Gasteiger partial charge on any atom is 0.366 e.